The molecule has 2 aromatic heterocycles. The summed E-state index contributed by atoms with van der Waals surface area (Å²) >= 11 is 0. The molecule has 0 atom stereocenters. The number of amides is 1. The minimum absolute atomic E-state index is 0.233. The molecular formula is C15H10N2O3. The Bertz CT molecular complexity index is 825. The summed E-state index contributed by atoms with van der Waals surface area (Å²) in [4.78, 5) is 34.6. The maximum absolute atomic E-state index is 11.9. The lowest BCUT2D eigenvalue weighted by Crippen LogP contribution is -2.09. The molecule has 1 amide bonds. The second-order valence-corrected chi connectivity index (χ2v) is 4.47. The molecule has 0 aromatic carbocycles. The number of hydrogen-bond donors (Lipinski definition) is 1. The largest absolute Gasteiger partial charge is 0.366 e. The Balaban J connectivity index is 2.24. The van der Waals surface area contributed by atoms with Gasteiger partial charge in [0.05, 0.1) is 11.1 Å². The number of ketones is 2. The van der Waals surface area contributed by atoms with Crippen molar-refractivity contribution in [2.24, 2.45) is 5.73 Å². The number of hydrogen-bond acceptors (Lipinski definition) is 3. The van der Waals surface area contributed by atoms with Crippen molar-refractivity contribution in [2.45, 2.75) is 0 Å². The van der Waals surface area contributed by atoms with Gasteiger partial charge in [0.2, 0.25) is 5.91 Å². The van der Waals surface area contributed by atoms with Crippen LogP contribution in [0.1, 0.15) is 15.9 Å². The Kier molecular flexibility index (Phi) is 2.61. The van der Waals surface area contributed by atoms with Crippen LogP contribution in [0.2, 0.25) is 0 Å². The van der Waals surface area contributed by atoms with Crippen molar-refractivity contribution in [2.75, 3.05) is 0 Å². The quantitative estimate of drug-likeness (QED) is 0.827. The van der Waals surface area contributed by atoms with Crippen LogP contribution >= 0.6 is 0 Å². The number of pyridine rings is 1. The molecule has 0 spiro atoms. The van der Waals surface area contributed by atoms with E-state index >= 15 is 0 Å². The second kappa shape index (κ2) is 4.31. The van der Waals surface area contributed by atoms with Crippen molar-refractivity contribution in [1.29, 1.82) is 0 Å². The van der Waals surface area contributed by atoms with Crippen LogP contribution in [-0.4, -0.2) is 21.9 Å². The fourth-order valence-electron chi connectivity index (χ4n) is 2.22. The van der Waals surface area contributed by atoms with Crippen molar-refractivity contribution in [3.63, 3.8) is 0 Å². The number of carbonyl (C=O) groups excluding carboxylic acids is 3. The Morgan fingerprint density at radius 2 is 2.00 bits per heavy atom. The van der Waals surface area contributed by atoms with Crippen molar-refractivity contribution in [3.8, 4) is 0 Å². The predicted molar refractivity (Wildman–Crippen MR) is 73.0 cm³/mol. The van der Waals surface area contributed by atoms with Gasteiger partial charge in [-0.3, -0.25) is 14.4 Å². The van der Waals surface area contributed by atoms with E-state index in [4.69, 9.17) is 5.73 Å². The number of rotatable bonds is 2. The summed E-state index contributed by atoms with van der Waals surface area (Å²) in [5.74, 6) is -1.01. The lowest BCUT2D eigenvalue weighted by Gasteiger charge is -2.09. The first-order chi connectivity index (χ1) is 9.56. The monoisotopic (exact) mass is 266 g/mol. The van der Waals surface area contributed by atoms with Crippen LogP contribution in [0.3, 0.4) is 0 Å². The third-order valence-electron chi connectivity index (χ3n) is 3.16. The smallest absolute Gasteiger partial charge is 0.250 e. The molecule has 0 fully saturated rings. The van der Waals surface area contributed by atoms with Crippen LogP contribution in [0.15, 0.2) is 48.8 Å². The summed E-state index contributed by atoms with van der Waals surface area (Å²) in [6.07, 6.45) is 7.12. The van der Waals surface area contributed by atoms with Gasteiger partial charge in [0.25, 0.3) is 0 Å². The van der Waals surface area contributed by atoms with Crippen LogP contribution in [-0.2, 0) is 9.59 Å². The highest BCUT2D eigenvalue weighted by molar-refractivity contribution is 6.34. The van der Waals surface area contributed by atoms with Gasteiger partial charge in [-0.1, -0.05) is 6.07 Å². The molecule has 0 unspecified atom stereocenters. The summed E-state index contributed by atoms with van der Waals surface area (Å²) in [7, 11) is 0. The summed E-state index contributed by atoms with van der Waals surface area (Å²) in [5, 5.41) is 0. The van der Waals surface area contributed by atoms with Gasteiger partial charge >= 0.3 is 0 Å². The maximum Gasteiger partial charge on any atom is 0.250 e. The number of primary amides is 1. The predicted octanol–water partition coefficient (Wildman–Crippen LogP) is 1.13. The minimum atomic E-state index is -0.542. The van der Waals surface area contributed by atoms with Gasteiger partial charge in [0.15, 0.2) is 11.6 Å². The first kappa shape index (κ1) is 12.1. The number of fused-ring (bicyclic) bond motifs is 1. The lowest BCUT2D eigenvalue weighted by atomic mass is 9.96. The fourth-order valence-corrected chi connectivity index (χ4v) is 2.22. The summed E-state index contributed by atoms with van der Waals surface area (Å²) in [5.41, 5.74) is 7.18. The number of carbonyl (C=O) groups is 3. The topological polar surface area (TPSA) is 81.6 Å². The Morgan fingerprint density at radius 1 is 1.20 bits per heavy atom. The van der Waals surface area contributed by atoms with E-state index in [1.807, 2.05) is 0 Å². The highest BCUT2D eigenvalue weighted by Crippen LogP contribution is 2.25. The summed E-state index contributed by atoms with van der Waals surface area (Å²) in [6, 6.07) is 5.08. The highest BCUT2D eigenvalue weighted by Gasteiger charge is 2.18. The maximum atomic E-state index is 11.9. The number of allylic oxidation sites excluding steroid dienone is 4. The second-order valence-electron chi connectivity index (χ2n) is 4.47. The standard InChI is InChI=1S/C15H10N2O3/c16-15(20)9-6-13-11(2-1-5-17(13)8-9)12-7-10(18)3-4-14(12)19/h1-8H,(H2,16,20). The molecule has 98 valence electrons. The van der Waals surface area contributed by atoms with Crippen molar-refractivity contribution in [3.05, 3.63) is 59.9 Å². The minimum Gasteiger partial charge on any atom is -0.366 e. The van der Waals surface area contributed by atoms with Crippen molar-refractivity contribution in [1.82, 2.24) is 4.40 Å². The molecule has 2 N–H and O–H groups in total. The summed E-state index contributed by atoms with van der Waals surface area (Å²) in [6.45, 7) is 0. The van der Waals surface area contributed by atoms with Gasteiger partial charge in [-0.15, -0.1) is 0 Å². The van der Waals surface area contributed by atoms with E-state index < -0.39 is 5.91 Å². The molecule has 0 bridgehead atoms. The van der Waals surface area contributed by atoms with Crippen LogP contribution in [0, 0.1) is 0 Å². The molecule has 2 heterocycles. The zero-order chi connectivity index (χ0) is 14.3. The average Bonchev–Trinajstić information content (AvgIpc) is 2.85. The third kappa shape index (κ3) is 1.85. The molecule has 20 heavy (non-hydrogen) atoms. The molecule has 2 aromatic rings. The number of aromatic nitrogens is 1. The van der Waals surface area contributed by atoms with Crippen molar-refractivity contribution < 1.29 is 14.4 Å². The lowest BCUT2D eigenvalue weighted by molar-refractivity contribution is -0.113. The normalized spacial score (nSPS) is 14.7. The first-order valence-electron chi connectivity index (χ1n) is 5.95. The number of nitrogens with two attached hydrogens (primary N) is 1. The molecule has 0 aliphatic heterocycles. The molecule has 5 heteroatoms. The van der Waals surface area contributed by atoms with Gasteiger partial charge in [-0.25, -0.2) is 0 Å². The van der Waals surface area contributed by atoms with E-state index in [-0.39, 0.29) is 11.6 Å². The van der Waals surface area contributed by atoms with Crippen LogP contribution in [0.4, 0.5) is 0 Å². The molecule has 1 aliphatic carbocycles. The van der Waals surface area contributed by atoms with Gasteiger partial charge in [0.1, 0.15) is 0 Å². The van der Waals surface area contributed by atoms with Crippen LogP contribution < -0.4 is 5.73 Å². The number of nitrogens with zero attached hydrogens (tertiary/aromatic N) is 1. The van der Waals surface area contributed by atoms with E-state index in [0.29, 0.717) is 22.2 Å². The van der Waals surface area contributed by atoms with E-state index in [2.05, 4.69) is 0 Å². The average molecular weight is 266 g/mol. The Labute approximate surface area is 114 Å². The van der Waals surface area contributed by atoms with E-state index in [9.17, 15) is 14.4 Å². The van der Waals surface area contributed by atoms with Gasteiger partial charge in [0, 0.05) is 23.5 Å². The molecule has 5 nitrogen and oxygen atoms in total. The van der Waals surface area contributed by atoms with E-state index in [1.165, 1.54) is 18.2 Å². The zero-order valence-corrected chi connectivity index (χ0v) is 10.4. The van der Waals surface area contributed by atoms with Gasteiger partial charge < -0.3 is 10.1 Å². The molecule has 0 saturated heterocycles. The van der Waals surface area contributed by atoms with Crippen molar-refractivity contribution >= 4 is 28.6 Å². The molecule has 1 aliphatic rings. The summed E-state index contributed by atoms with van der Waals surface area (Å²) < 4.78 is 1.70. The Morgan fingerprint density at radius 3 is 2.75 bits per heavy atom. The van der Waals surface area contributed by atoms with Gasteiger partial charge in [-0.2, -0.15) is 0 Å². The van der Waals surface area contributed by atoms with E-state index in [0.717, 1.165) is 0 Å². The Hall–Kier alpha value is -2.95. The van der Waals surface area contributed by atoms with Gasteiger partial charge in [-0.05, 0) is 30.4 Å². The SMILES string of the molecule is NC(=O)c1cc2c(C3=CC(=O)C=CC3=O)cccn2c1. The van der Waals surface area contributed by atoms with Crippen LogP contribution in [0.5, 0.6) is 0 Å². The molecule has 0 saturated carbocycles. The van der Waals surface area contributed by atoms with E-state index in [1.54, 1.807) is 35.0 Å². The van der Waals surface area contributed by atoms with Crippen LogP contribution in [0.25, 0.3) is 11.1 Å². The zero-order valence-electron chi connectivity index (χ0n) is 10.4. The molecule has 0 radical (unpaired) electrons. The molecular weight excluding hydrogens is 256 g/mol. The highest BCUT2D eigenvalue weighted by atomic mass is 16.1. The third-order valence-corrected chi connectivity index (χ3v) is 3.16. The molecule has 3 rings (SSSR count). The fraction of sp³-hybridized carbons (Fsp3) is 0. The first-order valence-corrected chi connectivity index (χ1v) is 5.95.